The summed E-state index contributed by atoms with van der Waals surface area (Å²) < 4.78 is 0. The van der Waals surface area contributed by atoms with Gasteiger partial charge in [0.1, 0.15) is 5.82 Å². The molecule has 1 heterocycles. The summed E-state index contributed by atoms with van der Waals surface area (Å²) in [5.41, 5.74) is 2.56. The van der Waals surface area contributed by atoms with Crippen molar-refractivity contribution in [3.8, 4) is 0 Å². The molecule has 6 heteroatoms. The fourth-order valence-electron chi connectivity index (χ4n) is 2.59. The maximum Gasteiger partial charge on any atom is 0.229 e. The molecule has 0 aliphatic carbocycles. The van der Waals surface area contributed by atoms with Crippen LogP contribution in [0.4, 0.5) is 23.1 Å². The minimum absolute atomic E-state index is 0.488. The van der Waals surface area contributed by atoms with Crippen LogP contribution in [0.2, 0.25) is 10.0 Å². The van der Waals surface area contributed by atoms with E-state index in [1.165, 1.54) is 0 Å². The second-order valence-corrected chi connectivity index (χ2v) is 6.55. The Labute approximate surface area is 160 Å². The minimum atomic E-state index is 0.488. The van der Waals surface area contributed by atoms with Crippen molar-refractivity contribution in [3.63, 3.8) is 0 Å². The van der Waals surface area contributed by atoms with Crippen molar-refractivity contribution in [1.29, 1.82) is 0 Å². The van der Waals surface area contributed by atoms with Crippen molar-refractivity contribution in [2.24, 2.45) is 0 Å². The van der Waals surface area contributed by atoms with E-state index in [1.54, 1.807) is 0 Å². The van der Waals surface area contributed by atoms with Crippen LogP contribution in [-0.4, -0.2) is 9.97 Å². The third-order valence-electron chi connectivity index (χ3n) is 3.79. The summed E-state index contributed by atoms with van der Waals surface area (Å²) in [5.74, 6) is 1.20. The Morgan fingerprint density at radius 3 is 2.27 bits per heavy atom. The minimum Gasteiger partial charge on any atom is -0.340 e. The molecule has 0 amide bonds. The number of hydrogen-bond acceptors (Lipinski definition) is 4. The van der Waals surface area contributed by atoms with Gasteiger partial charge in [-0.15, -0.1) is 0 Å². The highest BCUT2D eigenvalue weighted by molar-refractivity contribution is 6.31. The zero-order chi connectivity index (χ0) is 17.9. The van der Waals surface area contributed by atoms with Gasteiger partial charge < -0.3 is 10.6 Å². The van der Waals surface area contributed by atoms with Gasteiger partial charge in [0, 0.05) is 26.8 Å². The van der Waals surface area contributed by atoms with Crippen molar-refractivity contribution >= 4 is 57.2 Å². The van der Waals surface area contributed by atoms with Crippen LogP contribution in [0.3, 0.4) is 0 Å². The Bertz CT molecular complexity index is 1060. The lowest BCUT2D eigenvalue weighted by Crippen LogP contribution is -2.02. The molecular formula is C20H14Cl2N4. The number of anilines is 4. The average Bonchev–Trinajstić information content (AvgIpc) is 2.64. The Hall–Kier alpha value is -2.82. The lowest BCUT2D eigenvalue weighted by atomic mass is 10.2. The van der Waals surface area contributed by atoms with E-state index in [0.29, 0.717) is 21.8 Å². The number of fused-ring (bicyclic) bond motifs is 1. The van der Waals surface area contributed by atoms with Crippen LogP contribution in [0.1, 0.15) is 0 Å². The molecule has 0 unspecified atom stereocenters. The molecule has 2 N–H and O–H groups in total. The first-order valence-electron chi connectivity index (χ1n) is 7.99. The molecule has 0 aliphatic heterocycles. The topological polar surface area (TPSA) is 49.8 Å². The quantitative estimate of drug-likeness (QED) is 0.428. The standard InChI is InChI=1S/C20H14Cl2N4/c21-13-8-10-15(11-9-13)23-19-17-6-1-2-7-18(17)25-20(26-19)24-16-5-3-4-14(22)12-16/h1-12H,(H2,23,24,25,26). The number of nitrogens with one attached hydrogen (secondary N) is 2. The lowest BCUT2D eigenvalue weighted by Gasteiger charge is -2.12. The highest BCUT2D eigenvalue weighted by Gasteiger charge is 2.08. The molecule has 3 aromatic carbocycles. The molecule has 26 heavy (non-hydrogen) atoms. The molecule has 4 rings (SSSR count). The van der Waals surface area contributed by atoms with E-state index in [2.05, 4.69) is 20.6 Å². The number of rotatable bonds is 4. The summed E-state index contributed by atoms with van der Waals surface area (Å²) in [4.78, 5) is 9.22. The Balaban J connectivity index is 1.74. The van der Waals surface area contributed by atoms with E-state index in [4.69, 9.17) is 23.2 Å². The van der Waals surface area contributed by atoms with Gasteiger partial charge in [-0.2, -0.15) is 4.98 Å². The van der Waals surface area contributed by atoms with E-state index in [1.807, 2.05) is 72.8 Å². The molecule has 0 atom stereocenters. The van der Waals surface area contributed by atoms with Crippen LogP contribution in [-0.2, 0) is 0 Å². The Kier molecular flexibility index (Phi) is 4.61. The first-order valence-corrected chi connectivity index (χ1v) is 8.75. The SMILES string of the molecule is Clc1ccc(Nc2nc(Nc3cccc(Cl)c3)nc3ccccc23)cc1. The summed E-state index contributed by atoms with van der Waals surface area (Å²) >= 11 is 12.0. The van der Waals surface area contributed by atoms with Gasteiger partial charge in [-0.05, 0) is 54.6 Å². The van der Waals surface area contributed by atoms with Crippen LogP contribution in [0.5, 0.6) is 0 Å². The summed E-state index contributed by atoms with van der Waals surface area (Å²) in [7, 11) is 0. The maximum absolute atomic E-state index is 6.05. The van der Waals surface area contributed by atoms with E-state index in [9.17, 15) is 0 Å². The molecule has 0 aliphatic rings. The number of halogens is 2. The number of hydrogen-bond donors (Lipinski definition) is 2. The molecule has 0 radical (unpaired) electrons. The molecule has 0 spiro atoms. The zero-order valence-corrected chi connectivity index (χ0v) is 15.1. The first kappa shape index (κ1) is 16.6. The smallest absolute Gasteiger partial charge is 0.229 e. The predicted molar refractivity (Wildman–Crippen MR) is 109 cm³/mol. The highest BCUT2D eigenvalue weighted by Crippen LogP contribution is 2.27. The third-order valence-corrected chi connectivity index (χ3v) is 4.28. The van der Waals surface area contributed by atoms with Gasteiger partial charge in [0.15, 0.2) is 0 Å². The van der Waals surface area contributed by atoms with Crippen molar-refractivity contribution in [2.75, 3.05) is 10.6 Å². The van der Waals surface area contributed by atoms with E-state index < -0.39 is 0 Å². The fourth-order valence-corrected chi connectivity index (χ4v) is 2.91. The normalized spacial score (nSPS) is 10.7. The first-order chi connectivity index (χ1) is 12.7. The van der Waals surface area contributed by atoms with Crippen molar-refractivity contribution in [2.45, 2.75) is 0 Å². The van der Waals surface area contributed by atoms with Gasteiger partial charge in [0.25, 0.3) is 0 Å². The van der Waals surface area contributed by atoms with E-state index in [0.717, 1.165) is 22.3 Å². The van der Waals surface area contributed by atoms with Gasteiger partial charge in [0.05, 0.1) is 5.52 Å². The molecule has 0 bridgehead atoms. The molecule has 0 saturated carbocycles. The summed E-state index contributed by atoms with van der Waals surface area (Å²) in [5, 5.41) is 8.80. The molecule has 4 aromatic rings. The number of nitrogens with zero attached hydrogens (tertiary/aromatic N) is 2. The van der Waals surface area contributed by atoms with Crippen molar-refractivity contribution < 1.29 is 0 Å². The maximum atomic E-state index is 6.05. The van der Waals surface area contributed by atoms with Crippen LogP contribution in [0.25, 0.3) is 10.9 Å². The summed E-state index contributed by atoms with van der Waals surface area (Å²) in [6, 6.07) is 22.8. The van der Waals surface area contributed by atoms with Gasteiger partial charge in [-0.25, -0.2) is 4.98 Å². The second kappa shape index (κ2) is 7.20. The highest BCUT2D eigenvalue weighted by atomic mass is 35.5. The number of benzene rings is 3. The molecule has 0 fully saturated rings. The van der Waals surface area contributed by atoms with E-state index in [-0.39, 0.29) is 0 Å². The Morgan fingerprint density at radius 2 is 1.46 bits per heavy atom. The van der Waals surface area contributed by atoms with E-state index >= 15 is 0 Å². The molecular weight excluding hydrogens is 367 g/mol. The molecule has 0 saturated heterocycles. The number of aromatic nitrogens is 2. The predicted octanol–water partition coefficient (Wildman–Crippen LogP) is 6.42. The largest absolute Gasteiger partial charge is 0.340 e. The van der Waals surface area contributed by atoms with Gasteiger partial charge in [0.2, 0.25) is 5.95 Å². The fraction of sp³-hybridized carbons (Fsp3) is 0. The third kappa shape index (κ3) is 3.72. The second-order valence-electron chi connectivity index (χ2n) is 5.68. The van der Waals surface area contributed by atoms with Crippen molar-refractivity contribution in [1.82, 2.24) is 9.97 Å². The summed E-state index contributed by atoms with van der Waals surface area (Å²) in [6.07, 6.45) is 0. The van der Waals surface area contributed by atoms with Gasteiger partial charge in [-0.3, -0.25) is 0 Å². The lowest BCUT2D eigenvalue weighted by molar-refractivity contribution is 1.21. The van der Waals surface area contributed by atoms with Crippen LogP contribution < -0.4 is 10.6 Å². The molecule has 128 valence electrons. The van der Waals surface area contributed by atoms with Crippen LogP contribution in [0, 0.1) is 0 Å². The van der Waals surface area contributed by atoms with Crippen LogP contribution in [0.15, 0.2) is 72.8 Å². The van der Waals surface area contributed by atoms with Gasteiger partial charge in [-0.1, -0.05) is 41.4 Å². The molecule has 1 aromatic heterocycles. The Morgan fingerprint density at radius 1 is 0.654 bits per heavy atom. The van der Waals surface area contributed by atoms with Crippen LogP contribution >= 0.6 is 23.2 Å². The monoisotopic (exact) mass is 380 g/mol. The van der Waals surface area contributed by atoms with Gasteiger partial charge >= 0.3 is 0 Å². The number of para-hydroxylation sites is 1. The zero-order valence-electron chi connectivity index (χ0n) is 13.6. The average molecular weight is 381 g/mol. The van der Waals surface area contributed by atoms with Crippen molar-refractivity contribution in [3.05, 3.63) is 82.8 Å². The molecule has 4 nitrogen and oxygen atoms in total. The summed E-state index contributed by atoms with van der Waals surface area (Å²) in [6.45, 7) is 0.